The molecule has 0 amide bonds. The van der Waals surface area contributed by atoms with Crippen LogP contribution in [0.1, 0.15) is 0 Å². The molecule has 134 valence electrons. The predicted molar refractivity (Wildman–Crippen MR) is 115 cm³/mol. The van der Waals surface area contributed by atoms with E-state index in [-0.39, 0.29) is 0 Å². The molecule has 0 saturated carbocycles. The van der Waals surface area contributed by atoms with Crippen LogP contribution in [0.2, 0.25) is 5.02 Å². The number of para-hydroxylation sites is 3. The molecule has 4 heteroatoms. The van der Waals surface area contributed by atoms with Gasteiger partial charge in [-0.1, -0.05) is 66.2 Å². The van der Waals surface area contributed by atoms with Gasteiger partial charge in [0.25, 0.3) is 0 Å². The van der Waals surface area contributed by atoms with Crippen molar-refractivity contribution in [2.75, 3.05) is 0 Å². The number of fused-ring (bicyclic) bond motifs is 8. The van der Waals surface area contributed by atoms with Crippen LogP contribution in [0.25, 0.3) is 0 Å². The Kier molecular flexibility index (Phi) is 3.28. The van der Waals surface area contributed by atoms with E-state index in [1.165, 1.54) is 20.7 Å². The lowest BCUT2D eigenvalue weighted by Gasteiger charge is -2.43. The minimum absolute atomic E-state index is 0.718. The zero-order valence-electron chi connectivity index (χ0n) is 14.9. The molecule has 0 N–H and O–H groups in total. The SMILES string of the molecule is Clc1ccc2c(c1)[Si]1(c3ccccc3Oc3ccccc31)c1ccccc1O2. The van der Waals surface area contributed by atoms with Crippen LogP contribution in [0, 0.1) is 0 Å². The van der Waals surface area contributed by atoms with E-state index < -0.39 is 8.07 Å². The normalized spacial score (nSPS) is 14.8. The molecule has 2 aliphatic rings. The number of benzene rings is 4. The first-order chi connectivity index (χ1) is 13.8. The molecule has 6 rings (SSSR count). The van der Waals surface area contributed by atoms with Crippen LogP contribution >= 0.6 is 11.6 Å². The van der Waals surface area contributed by atoms with Crippen molar-refractivity contribution in [3.8, 4) is 23.0 Å². The Hall–Kier alpha value is -3.01. The molecule has 0 radical (unpaired) electrons. The summed E-state index contributed by atoms with van der Waals surface area (Å²) in [6.45, 7) is 0. The summed E-state index contributed by atoms with van der Waals surface area (Å²) in [5, 5.41) is 5.57. The highest BCUT2D eigenvalue weighted by Gasteiger charge is 2.52. The minimum atomic E-state index is -2.62. The Bertz CT molecular complexity index is 1150. The number of rotatable bonds is 0. The van der Waals surface area contributed by atoms with Crippen molar-refractivity contribution in [2.45, 2.75) is 0 Å². The van der Waals surface area contributed by atoms with Crippen molar-refractivity contribution in [2.24, 2.45) is 0 Å². The number of hydrogen-bond donors (Lipinski definition) is 0. The van der Waals surface area contributed by atoms with Crippen molar-refractivity contribution >= 4 is 40.4 Å². The van der Waals surface area contributed by atoms with Crippen molar-refractivity contribution in [3.63, 3.8) is 0 Å². The molecule has 2 heterocycles. The van der Waals surface area contributed by atoms with Crippen molar-refractivity contribution in [3.05, 3.63) is 96.0 Å². The highest BCUT2D eigenvalue weighted by atomic mass is 35.5. The summed E-state index contributed by atoms with van der Waals surface area (Å²) in [6.07, 6.45) is 0. The zero-order chi connectivity index (χ0) is 18.7. The van der Waals surface area contributed by atoms with Crippen molar-refractivity contribution < 1.29 is 9.47 Å². The van der Waals surface area contributed by atoms with Crippen LogP contribution < -0.4 is 30.2 Å². The van der Waals surface area contributed by atoms with Crippen LogP contribution in [-0.4, -0.2) is 8.07 Å². The van der Waals surface area contributed by atoms with E-state index in [0.29, 0.717) is 0 Å². The second-order valence-corrected chi connectivity index (χ2v) is 11.2. The van der Waals surface area contributed by atoms with Crippen LogP contribution in [0.5, 0.6) is 23.0 Å². The molecular weight excluding hydrogens is 384 g/mol. The molecule has 4 aromatic rings. The molecule has 28 heavy (non-hydrogen) atoms. The topological polar surface area (TPSA) is 18.5 Å². The summed E-state index contributed by atoms with van der Waals surface area (Å²) in [5.74, 6) is 3.61. The Balaban J connectivity index is 1.85. The van der Waals surface area contributed by atoms with E-state index >= 15 is 0 Å². The molecule has 0 saturated heterocycles. The summed E-state index contributed by atoms with van der Waals surface area (Å²) in [5.41, 5.74) is 0. The maximum Gasteiger partial charge on any atom is 0.196 e. The number of hydrogen-bond acceptors (Lipinski definition) is 2. The highest BCUT2D eigenvalue weighted by Crippen LogP contribution is 2.36. The van der Waals surface area contributed by atoms with Crippen molar-refractivity contribution in [1.82, 2.24) is 0 Å². The van der Waals surface area contributed by atoms with Crippen LogP contribution in [0.15, 0.2) is 91.0 Å². The third-order valence-corrected chi connectivity index (χ3v) is 10.8. The molecule has 2 nitrogen and oxygen atoms in total. The summed E-state index contributed by atoms with van der Waals surface area (Å²) in [6, 6.07) is 31.1. The van der Waals surface area contributed by atoms with Gasteiger partial charge in [-0.25, -0.2) is 0 Å². The predicted octanol–water partition coefficient (Wildman–Crippen LogP) is 3.93. The third kappa shape index (κ3) is 1.98. The van der Waals surface area contributed by atoms with Gasteiger partial charge in [0.05, 0.1) is 0 Å². The lowest BCUT2D eigenvalue weighted by Crippen LogP contribution is -2.77. The van der Waals surface area contributed by atoms with Gasteiger partial charge in [0.15, 0.2) is 8.07 Å². The second-order valence-electron chi connectivity index (χ2n) is 7.08. The van der Waals surface area contributed by atoms with E-state index in [4.69, 9.17) is 21.1 Å². The van der Waals surface area contributed by atoms with E-state index in [0.717, 1.165) is 28.0 Å². The molecular formula is C24H15ClO2Si. The lowest BCUT2D eigenvalue weighted by atomic mass is 10.3. The van der Waals surface area contributed by atoms with Gasteiger partial charge in [-0.15, -0.1) is 0 Å². The molecule has 4 aromatic carbocycles. The maximum atomic E-state index is 6.50. The molecule has 0 unspecified atom stereocenters. The number of ether oxygens (including phenoxy) is 2. The Labute approximate surface area is 169 Å². The highest BCUT2D eigenvalue weighted by molar-refractivity contribution is 7.21. The largest absolute Gasteiger partial charge is 0.458 e. The van der Waals surface area contributed by atoms with Crippen LogP contribution in [0.3, 0.4) is 0 Å². The van der Waals surface area contributed by atoms with Gasteiger partial charge in [0, 0.05) is 5.02 Å². The fraction of sp³-hybridized carbons (Fsp3) is 0. The molecule has 0 aliphatic carbocycles. The van der Waals surface area contributed by atoms with Gasteiger partial charge in [-0.3, -0.25) is 0 Å². The Morgan fingerprint density at radius 3 is 1.43 bits per heavy atom. The van der Waals surface area contributed by atoms with E-state index in [2.05, 4.69) is 60.7 Å². The second kappa shape index (κ2) is 5.74. The average molecular weight is 399 g/mol. The monoisotopic (exact) mass is 398 g/mol. The molecule has 0 fully saturated rings. The first-order valence-electron chi connectivity index (χ1n) is 9.23. The quantitative estimate of drug-likeness (QED) is 0.361. The van der Waals surface area contributed by atoms with Crippen LogP contribution in [-0.2, 0) is 0 Å². The Morgan fingerprint density at radius 2 is 0.929 bits per heavy atom. The van der Waals surface area contributed by atoms with Gasteiger partial charge >= 0.3 is 0 Å². The lowest BCUT2D eigenvalue weighted by molar-refractivity contribution is 0.481. The number of halogens is 1. The molecule has 0 atom stereocenters. The average Bonchev–Trinajstić information content (AvgIpc) is 2.74. The minimum Gasteiger partial charge on any atom is -0.458 e. The first kappa shape index (κ1) is 16.0. The van der Waals surface area contributed by atoms with Gasteiger partial charge in [-0.2, -0.15) is 0 Å². The van der Waals surface area contributed by atoms with Gasteiger partial charge in [0.1, 0.15) is 23.0 Å². The van der Waals surface area contributed by atoms with Gasteiger partial charge in [-0.05, 0) is 57.1 Å². The van der Waals surface area contributed by atoms with Gasteiger partial charge in [0.2, 0.25) is 0 Å². The van der Waals surface area contributed by atoms with E-state index in [9.17, 15) is 0 Å². The van der Waals surface area contributed by atoms with E-state index in [1.54, 1.807) is 0 Å². The van der Waals surface area contributed by atoms with Crippen LogP contribution in [0.4, 0.5) is 0 Å². The van der Waals surface area contributed by atoms with Crippen molar-refractivity contribution in [1.29, 1.82) is 0 Å². The standard InChI is InChI=1S/C24H15ClO2Si/c25-16-13-14-20-24(15-16)28(23-12-6-3-9-19(23)27-20)21-10-4-1-7-17(21)26-18-8-2-5-11-22(18)28/h1-15H. The molecule has 0 bridgehead atoms. The summed E-state index contributed by atoms with van der Waals surface area (Å²) in [4.78, 5) is 0. The van der Waals surface area contributed by atoms with E-state index in [1.807, 2.05) is 30.3 Å². The summed E-state index contributed by atoms with van der Waals surface area (Å²) >= 11 is 6.50. The third-order valence-electron chi connectivity index (χ3n) is 5.66. The maximum absolute atomic E-state index is 6.50. The smallest absolute Gasteiger partial charge is 0.196 e. The zero-order valence-corrected chi connectivity index (χ0v) is 16.6. The molecule has 2 aliphatic heterocycles. The van der Waals surface area contributed by atoms with Gasteiger partial charge < -0.3 is 9.47 Å². The molecule has 1 spiro atoms. The summed E-state index contributed by atoms with van der Waals surface area (Å²) < 4.78 is 12.7. The summed E-state index contributed by atoms with van der Waals surface area (Å²) in [7, 11) is -2.62. The first-order valence-corrected chi connectivity index (χ1v) is 11.6. The fourth-order valence-electron chi connectivity index (χ4n) is 4.59. The Morgan fingerprint density at radius 1 is 0.500 bits per heavy atom. The molecule has 0 aromatic heterocycles. The fourth-order valence-corrected chi connectivity index (χ4v) is 10.0.